The normalized spacial score (nSPS) is 11.1. The average Bonchev–Trinajstić information content (AvgIpc) is 2.80. The van der Waals surface area contributed by atoms with Crippen molar-refractivity contribution in [2.75, 3.05) is 12.3 Å². The molecule has 7 heteroatoms. The molecule has 0 saturated heterocycles. The van der Waals surface area contributed by atoms with Crippen molar-refractivity contribution in [1.82, 2.24) is 19.3 Å². The van der Waals surface area contributed by atoms with E-state index in [1.165, 1.54) is 0 Å². The van der Waals surface area contributed by atoms with Gasteiger partial charge in [-0.05, 0) is 20.3 Å². The first-order valence-electron chi connectivity index (χ1n) is 6.35. The highest BCUT2D eigenvalue weighted by Crippen LogP contribution is 2.20. The summed E-state index contributed by atoms with van der Waals surface area (Å²) in [6.45, 7) is 4.74. The Labute approximate surface area is 111 Å². The van der Waals surface area contributed by atoms with Crippen LogP contribution in [0.5, 0.6) is 0 Å². The molecule has 0 spiro atoms. The number of carbonyl (C=O) groups excluding carboxylic acids is 1. The van der Waals surface area contributed by atoms with Crippen LogP contribution in [0.25, 0.3) is 11.2 Å². The van der Waals surface area contributed by atoms with E-state index in [9.17, 15) is 4.79 Å². The Morgan fingerprint density at radius 2 is 2.21 bits per heavy atom. The average molecular weight is 265 g/mol. The highest BCUT2D eigenvalue weighted by molar-refractivity contribution is 5.77. The predicted octanol–water partition coefficient (Wildman–Crippen LogP) is 1.00. The Kier molecular flexibility index (Phi) is 3.73. The number of aromatic nitrogens is 4. The number of hydrogen-bond acceptors (Lipinski definition) is 5. The van der Waals surface area contributed by atoms with Crippen LogP contribution in [0.1, 0.15) is 25.5 Å². The summed E-state index contributed by atoms with van der Waals surface area (Å²) in [7, 11) is 1.86. The maximum absolute atomic E-state index is 11.3. The first kappa shape index (κ1) is 13.4. The zero-order chi connectivity index (χ0) is 14.0. The first-order valence-corrected chi connectivity index (χ1v) is 6.35. The standard InChI is InChI=1S/C12H19N5O2/c1-4-19-9(18)6-5-7-17-11-10(14-12(17)13)8(2)15-16(11)3/h4-7H2,1-3H3,(H2,13,14). The third-order valence-corrected chi connectivity index (χ3v) is 2.99. The van der Waals surface area contributed by atoms with Crippen molar-refractivity contribution in [3.05, 3.63) is 5.69 Å². The third-order valence-electron chi connectivity index (χ3n) is 2.99. The number of ether oxygens (including phenoxy) is 1. The number of esters is 1. The molecule has 2 rings (SSSR count). The van der Waals surface area contributed by atoms with Crippen LogP contribution in [-0.2, 0) is 23.1 Å². The number of nitrogens with two attached hydrogens (primary N) is 1. The van der Waals surface area contributed by atoms with Gasteiger partial charge in [-0.3, -0.25) is 14.0 Å². The van der Waals surface area contributed by atoms with E-state index in [0.717, 1.165) is 16.9 Å². The summed E-state index contributed by atoms with van der Waals surface area (Å²) < 4.78 is 8.54. The summed E-state index contributed by atoms with van der Waals surface area (Å²) in [4.78, 5) is 15.6. The van der Waals surface area contributed by atoms with E-state index >= 15 is 0 Å². The van der Waals surface area contributed by atoms with E-state index < -0.39 is 0 Å². The van der Waals surface area contributed by atoms with Crippen LogP contribution in [0.15, 0.2) is 0 Å². The van der Waals surface area contributed by atoms with Crippen LogP contribution in [0, 0.1) is 6.92 Å². The molecule has 2 aromatic rings. The minimum Gasteiger partial charge on any atom is -0.466 e. The Morgan fingerprint density at radius 3 is 2.89 bits per heavy atom. The molecule has 0 atom stereocenters. The molecule has 0 radical (unpaired) electrons. The number of aryl methyl sites for hydroxylation is 3. The number of anilines is 1. The smallest absolute Gasteiger partial charge is 0.305 e. The van der Waals surface area contributed by atoms with Gasteiger partial charge in [-0.25, -0.2) is 4.98 Å². The van der Waals surface area contributed by atoms with Gasteiger partial charge >= 0.3 is 5.97 Å². The van der Waals surface area contributed by atoms with Crippen LogP contribution >= 0.6 is 0 Å². The van der Waals surface area contributed by atoms with Crippen LogP contribution in [0.2, 0.25) is 0 Å². The maximum Gasteiger partial charge on any atom is 0.305 e. The maximum atomic E-state index is 11.3. The number of rotatable bonds is 5. The minimum atomic E-state index is -0.182. The van der Waals surface area contributed by atoms with Gasteiger partial charge in [0.1, 0.15) is 5.52 Å². The molecule has 0 aliphatic heterocycles. The van der Waals surface area contributed by atoms with E-state index in [1.807, 2.05) is 18.5 Å². The van der Waals surface area contributed by atoms with E-state index in [0.29, 0.717) is 31.9 Å². The fourth-order valence-corrected chi connectivity index (χ4v) is 2.19. The van der Waals surface area contributed by atoms with Gasteiger partial charge in [0.15, 0.2) is 5.65 Å². The van der Waals surface area contributed by atoms with Gasteiger partial charge in [0.2, 0.25) is 5.95 Å². The molecule has 0 saturated carbocycles. The van der Waals surface area contributed by atoms with Gasteiger partial charge in [-0.1, -0.05) is 0 Å². The molecule has 0 fully saturated rings. The number of nitrogens with zero attached hydrogens (tertiary/aromatic N) is 4. The first-order chi connectivity index (χ1) is 9.04. The lowest BCUT2D eigenvalue weighted by Gasteiger charge is -2.06. The molecule has 0 unspecified atom stereocenters. The summed E-state index contributed by atoms with van der Waals surface area (Å²) in [6, 6.07) is 0. The Hall–Kier alpha value is -2.05. The van der Waals surface area contributed by atoms with Gasteiger partial charge in [0, 0.05) is 20.0 Å². The molecular formula is C12H19N5O2. The predicted molar refractivity (Wildman–Crippen MR) is 71.5 cm³/mol. The molecule has 0 aromatic carbocycles. The van der Waals surface area contributed by atoms with E-state index in [4.69, 9.17) is 10.5 Å². The van der Waals surface area contributed by atoms with Crippen LogP contribution in [0.4, 0.5) is 5.95 Å². The Bertz CT molecular complexity index is 599. The second-order valence-electron chi connectivity index (χ2n) is 4.41. The van der Waals surface area contributed by atoms with Crippen LogP contribution in [-0.4, -0.2) is 31.9 Å². The molecule has 2 N–H and O–H groups in total. The van der Waals surface area contributed by atoms with E-state index in [2.05, 4.69) is 10.1 Å². The second kappa shape index (κ2) is 5.29. The lowest BCUT2D eigenvalue weighted by atomic mass is 10.3. The lowest BCUT2D eigenvalue weighted by molar-refractivity contribution is -0.143. The van der Waals surface area contributed by atoms with E-state index in [-0.39, 0.29) is 5.97 Å². The summed E-state index contributed by atoms with van der Waals surface area (Å²) in [6.07, 6.45) is 1.04. The zero-order valence-electron chi connectivity index (χ0n) is 11.5. The topological polar surface area (TPSA) is 88.0 Å². The monoisotopic (exact) mass is 265 g/mol. The SMILES string of the molecule is CCOC(=O)CCCn1c(N)nc2c(C)nn(C)c21. The quantitative estimate of drug-likeness (QED) is 0.815. The highest BCUT2D eigenvalue weighted by Gasteiger charge is 2.15. The number of nitrogen functional groups attached to an aromatic ring is 1. The fourth-order valence-electron chi connectivity index (χ4n) is 2.19. The van der Waals surface area contributed by atoms with Gasteiger partial charge < -0.3 is 10.5 Å². The highest BCUT2D eigenvalue weighted by atomic mass is 16.5. The molecule has 0 aliphatic rings. The fraction of sp³-hybridized carbons (Fsp3) is 0.583. The number of imidazole rings is 1. The molecule has 104 valence electrons. The molecule has 19 heavy (non-hydrogen) atoms. The van der Waals surface area contributed by atoms with Crippen molar-refractivity contribution in [3.8, 4) is 0 Å². The largest absolute Gasteiger partial charge is 0.466 e. The Morgan fingerprint density at radius 1 is 1.47 bits per heavy atom. The molecular weight excluding hydrogens is 246 g/mol. The van der Waals surface area contributed by atoms with Crippen LogP contribution in [0.3, 0.4) is 0 Å². The van der Waals surface area contributed by atoms with Gasteiger partial charge in [-0.15, -0.1) is 0 Å². The molecule has 0 aliphatic carbocycles. The molecule has 2 aromatic heterocycles. The van der Waals surface area contributed by atoms with Crippen molar-refractivity contribution in [2.45, 2.75) is 33.2 Å². The summed E-state index contributed by atoms with van der Waals surface area (Å²) in [5.41, 5.74) is 8.46. The van der Waals surface area contributed by atoms with Crippen molar-refractivity contribution in [2.24, 2.45) is 7.05 Å². The van der Waals surface area contributed by atoms with Crippen molar-refractivity contribution < 1.29 is 9.53 Å². The molecule has 2 heterocycles. The van der Waals surface area contributed by atoms with Gasteiger partial charge in [0.25, 0.3) is 0 Å². The molecule has 0 bridgehead atoms. The van der Waals surface area contributed by atoms with E-state index in [1.54, 1.807) is 11.6 Å². The number of carbonyl (C=O) groups is 1. The van der Waals surface area contributed by atoms with Crippen molar-refractivity contribution in [3.63, 3.8) is 0 Å². The summed E-state index contributed by atoms with van der Waals surface area (Å²) >= 11 is 0. The lowest BCUT2D eigenvalue weighted by Crippen LogP contribution is -2.10. The second-order valence-corrected chi connectivity index (χ2v) is 4.41. The van der Waals surface area contributed by atoms with Gasteiger partial charge in [-0.2, -0.15) is 5.10 Å². The van der Waals surface area contributed by atoms with Crippen LogP contribution < -0.4 is 5.73 Å². The van der Waals surface area contributed by atoms with Crippen molar-refractivity contribution in [1.29, 1.82) is 0 Å². The third kappa shape index (κ3) is 2.54. The molecule has 7 nitrogen and oxygen atoms in total. The molecule has 0 amide bonds. The van der Waals surface area contributed by atoms with Crippen molar-refractivity contribution >= 4 is 23.1 Å². The summed E-state index contributed by atoms with van der Waals surface area (Å²) in [5, 5.41) is 4.31. The zero-order valence-corrected chi connectivity index (χ0v) is 11.5. The number of fused-ring (bicyclic) bond motifs is 1. The summed E-state index contributed by atoms with van der Waals surface area (Å²) in [5.74, 6) is 0.272. The minimum absolute atomic E-state index is 0.182. The Balaban J connectivity index is 2.12. The van der Waals surface area contributed by atoms with Gasteiger partial charge in [0.05, 0.1) is 12.3 Å². The number of hydrogen-bond donors (Lipinski definition) is 1.